The minimum atomic E-state index is 0.668. The van der Waals surface area contributed by atoms with Crippen LogP contribution in [-0.2, 0) is 0 Å². The molecule has 1 N–H and O–H groups in total. The number of hydrogen-bond donors (Lipinski definition) is 1. The van der Waals surface area contributed by atoms with Crippen molar-refractivity contribution >= 4 is 21.6 Å². The van der Waals surface area contributed by atoms with Crippen molar-refractivity contribution in [1.29, 1.82) is 0 Å². The van der Waals surface area contributed by atoms with Crippen LogP contribution in [0.1, 0.15) is 18.4 Å². The topological polar surface area (TPSA) is 15.3 Å². The van der Waals surface area contributed by atoms with Gasteiger partial charge >= 0.3 is 0 Å². The van der Waals surface area contributed by atoms with Crippen molar-refractivity contribution in [2.75, 3.05) is 25.0 Å². The second-order valence-electron chi connectivity index (χ2n) is 5.35. The predicted octanol–water partition coefficient (Wildman–Crippen LogP) is 3.26. The summed E-state index contributed by atoms with van der Waals surface area (Å²) in [4.78, 5) is 2.59. The molecule has 0 amide bonds. The van der Waals surface area contributed by atoms with Crippen LogP contribution in [0.3, 0.4) is 0 Å². The van der Waals surface area contributed by atoms with Gasteiger partial charge in [0, 0.05) is 29.3 Å². The van der Waals surface area contributed by atoms with Crippen LogP contribution < -0.4 is 5.32 Å². The van der Waals surface area contributed by atoms with Gasteiger partial charge in [-0.15, -0.1) is 0 Å². The third-order valence-corrected chi connectivity index (χ3v) is 4.67. The molecule has 1 aromatic carbocycles. The number of halogens is 1. The van der Waals surface area contributed by atoms with Crippen molar-refractivity contribution in [1.82, 2.24) is 4.90 Å². The molecular weight excluding hydrogens is 276 g/mol. The molecule has 2 aliphatic heterocycles. The van der Waals surface area contributed by atoms with Gasteiger partial charge in [0.15, 0.2) is 0 Å². The van der Waals surface area contributed by atoms with Crippen LogP contribution in [0.5, 0.6) is 0 Å². The highest BCUT2D eigenvalue weighted by Gasteiger charge is 2.34. The molecular formula is C14H19BrN2. The van der Waals surface area contributed by atoms with Gasteiger partial charge in [-0.25, -0.2) is 0 Å². The van der Waals surface area contributed by atoms with Crippen LogP contribution in [0.2, 0.25) is 0 Å². The summed E-state index contributed by atoms with van der Waals surface area (Å²) in [5, 5.41) is 3.76. The maximum Gasteiger partial charge on any atom is 0.0383 e. The molecule has 3 heteroatoms. The lowest BCUT2D eigenvalue weighted by Crippen LogP contribution is -2.39. The van der Waals surface area contributed by atoms with Crippen molar-refractivity contribution in [3.05, 3.63) is 28.2 Å². The normalized spacial score (nSPS) is 31.5. The van der Waals surface area contributed by atoms with Crippen LogP contribution in [0.15, 0.2) is 22.7 Å². The number of nitrogens with zero attached hydrogens (tertiary/aromatic N) is 1. The molecule has 0 aliphatic carbocycles. The first-order chi connectivity index (χ1) is 8.22. The second-order valence-corrected chi connectivity index (χ2v) is 6.26. The van der Waals surface area contributed by atoms with E-state index in [1.807, 2.05) is 0 Å². The number of benzene rings is 1. The first-order valence-corrected chi connectivity index (χ1v) is 7.27. The summed E-state index contributed by atoms with van der Waals surface area (Å²) in [6.45, 7) is 6.05. The maximum atomic E-state index is 3.76. The third kappa shape index (κ3) is 2.36. The molecule has 3 atom stereocenters. The molecule has 0 aromatic heterocycles. The fourth-order valence-corrected chi connectivity index (χ4v) is 3.45. The van der Waals surface area contributed by atoms with Gasteiger partial charge in [-0.05, 0) is 49.9 Å². The fourth-order valence-electron chi connectivity index (χ4n) is 3.09. The van der Waals surface area contributed by atoms with E-state index in [1.165, 1.54) is 43.7 Å². The number of nitrogens with one attached hydrogen (secondary N) is 1. The Hall–Kier alpha value is -0.540. The number of piperidine rings is 1. The highest BCUT2D eigenvalue weighted by molar-refractivity contribution is 9.10. The number of fused-ring (bicyclic) bond motifs is 2. The van der Waals surface area contributed by atoms with Crippen LogP contribution >= 0.6 is 15.9 Å². The quantitative estimate of drug-likeness (QED) is 0.901. The van der Waals surface area contributed by atoms with Gasteiger partial charge in [-0.3, -0.25) is 0 Å². The molecule has 2 aliphatic rings. The lowest BCUT2D eigenvalue weighted by molar-refractivity contribution is 0.255. The smallest absolute Gasteiger partial charge is 0.0383 e. The number of rotatable bonds is 2. The van der Waals surface area contributed by atoms with E-state index < -0.39 is 0 Å². The summed E-state index contributed by atoms with van der Waals surface area (Å²) < 4.78 is 1.16. The Morgan fingerprint density at radius 3 is 3.00 bits per heavy atom. The van der Waals surface area contributed by atoms with E-state index in [9.17, 15) is 0 Å². The largest absolute Gasteiger partial charge is 0.382 e. The molecule has 0 saturated carbocycles. The van der Waals surface area contributed by atoms with Gasteiger partial charge in [-0.2, -0.15) is 0 Å². The lowest BCUT2D eigenvalue weighted by atomic mass is 9.93. The molecule has 0 radical (unpaired) electrons. The van der Waals surface area contributed by atoms with E-state index in [4.69, 9.17) is 0 Å². The van der Waals surface area contributed by atoms with Crippen molar-refractivity contribution in [2.45, 2.75) is 25.8 Å². The molecule has 3 rings (SSSR count). The van der Waals surface area contributed by atoms with Gasteiger partial charge in [0.2, 0.25) is 0 Å². The average molecular weight is 295 g/mol. The summed E-state index contributed by atoms with van der Waals surface area (Å²) in [5.74, 6) is 0.849. The Kier molecular flexibility index (Phi) is 3.14. The zero-order chi connectivity index (χ0) is 11.8. The maximum absolute atomic E-state index is 3.76. The monoisotopic (exact) mass is 294 g/mol. The number of hydrogen-bond acceptors (Lipinski definition) is 2. The lowest BCUT2D eigenvalue weighted by Gasteiger charge is -2.32. The second kappa shape index (κ2) is 4.62. The fraction of sp³-hybridized carbons (Fsp3) is 0.571. The van der Waals surface area contributed by atoms with Crippen LogP contribution in [0.4, 0.5) is 5.69 Å². The molecule has 2 heterocycles. The molecule has 0 spiro atoms. The van der Waals surface area contributed by atoms with Crippen molar-refractivity contribution in [2.24, 2.45) is 5.92 Å². The van der Waals surface area contributed by atoms with Crippen molar-refractivity contribution in [3.8, 4) is 0 Å². The van der Waals surface area contributed by atoms with Crippen LogP contribution in [-0.4, -0.2) is 30.6 Å². The van der Waals surface area contributed by atoms with Gasteiger partial charge in [-0.1, -0.05) is 22.0 Å². The summed E-state index contributed by atoms with van der Waals surface area (Å²) in [7, 11) is 0. The first kappa shape index (κ1) is 11.5. The highest BCUT2D eigenvalue weighted by atomic mass is 79.9. The van der Waals surface area contributed by atoms with Gasteiger partial charge in [0.1, 0.15) is 0 Å². The summed E-state index contributed by atoms with van der Waals surface area (Å²) in [6.07, 6.45) is 2.65. The summed E-state index contributed by atoms with van der Waals surface area (Å²) >= 11 is 3.55. The predicted molar refractivity (Wildman–Crippen MR) is 75.5 cm³/mol. The van der Waals surface area contributed by atoms with Crippen molar-refractivity contribution in [3.63, 3.8) is 0 Å². The zero-order valence-corrected chi connectivity index (χ0v) is 11.8. The van der Waals surface area contributed by atoms with Gasteiger partial charge < -0.3 is 10.2 Å². The Labute approximate surface area is 112 Å². The molecule has 17 heavy (non-hydrogen) atoms. The Bertz CT molecular complexity index is 419. The van der Waals surface area contributed by atoms with Crippen molar-refractivity contribution < 1.29 is 0 Å². The van der Waals surface area contributed by atoms with E-state index in [-0.39, 0.29) is 0 Å². The van der Waals surface area contributed by atoms with Crippen LogP contribution in [0.25, 0.3) is 0 Å². The molecule has 2 nitrogen and oxygen atoms in total. The summed E-state index contributed by atoms with van der Waals surface area (Å²) in [5.41, 5.74) is 2.64. The minimum absolute atomic E-state index is 0.668. The molecule has 2 saturated heterocycles. The first-order valence-electron chi connectivity index (χ1n) is 6.47. The number of anilines is 1. The third-order valence-electron chi connectivity index (χ3n) is 4.17. The Balaban J connectivity index is 1.75. The van der Waals surface area contributed by atoms with E-state index in [0.29, 0.717) is 6.04 Å². The van der Waals surface area contributed by atoms with E-state index in [2.05, 4.69) is 51.3 Å². The van der Waals surface area contributed by atoms with Gasteiger partial charge in [0.25, 0.3) is 0 Å². The molecule has 2 fully saturated rings. The molecule has 2 bridgehead atoms. The van der Waals surface area contributed by atoms with E-state index in [0.717, 1.165) is 10.4 Å². The molecule has 3 unspecified atom stereocenters. The Morgan fingerprint density at radius 1 is 1.29 bits per heavy atom. The van der Waals surface area contributed by atoms with Gasteiger partial charge in [0.05, 0.1) is 0 Å². The number of aryl methyl sites for hydroxylation is 1. The zero-order valence-electron chi connectivity index (χ0n) is 10.2. The van der Waals surface area contributed by atoms with E-state index >= 15 is 0 Å². The molecule has 1 aromatic rings. The minimum Gasteiger partial charge on any atom is -0.382 e. The SMILES string of the molecule is Cc1ccc(Br)cc1NC1CCN2CCC1C2. The summed E-state index contributed by atoms with van der Waals surface area (Å²) in [6, 6.07) is 7.16. The van der Waals surface area contributed by atoms with E-state index in [1.54, 1.807) is 0 Å². The van der Waals surface area contributed by atoms with Crippen LogP contribution in [0, 0.1) is 12.8 Å². The Morgan fingerprint density at radius 2 is 2.12 bits per heavy atom. The highest BCUT2D eigenvalue weighted by Crippen LogP contribution is 2.31. The average Bonchev–Trinajstić information content (AvgIpc) is 2.70. The standard InChI is InChI=1S/C14H19BrN2/c1-10-2-3-12(15)8-14(10)16-13-5-7-17-6-4-11(13)9-17/h2-3,8,11,13,16H,4-7,9H2,1H3. The molecule has 92 valence electrons.